The number of halogens is 1. The van der Waals surface area contributed by atoms with Crippen LogP contribution in [0.4, 0.5) is 0 Å². The Labute approximate surface area is 102 Å². The molecular formula is C10H14BrNO2S. The molecule has 0 atom stereocenters. The maximum Gasteiger partial charge on any atom is 0.350 e. The van der Waals surface area contributed by atoms with E-state index in [1.54, 1.807) is 6.92 Å². The number of ether oxygens (including phenoxy) is 1. The van der Waals surface area contributed by atoms with E-state index in [-0.39, 0.29) is 11.4 Å². The van der Waals surface area contributed by atoms with Crippen LogP contribution in [0, 0.1) is 0 Å². The van der Waals surface area contributed by atoms with E-state index >= 15 is 0 Å². The van der Waals surface area contributed by atoms with Crippen molar-refractivity contribution in [3.63, 3.8) is 0 Å². The molecule has 0 radical (unpaired) electrons. The summed E-state index contributed by atoms with van der Waals surface area (Å²) in [6, 6.07) is 0. The SMILES string of the molecule is CCOC(=O)c1sc(Br)nc1C(C)(C)C. The summed E-state index contributed by atoms with van der Waals surface area (Å²) in [6.45, 7) is 8.26. The molecule has 0 fully saturated rings. The lowest BCUT2D eigenvalue weighted by atomic mass is 9.91. The zero-order valence-corrected chi connectivity index (χ0v) is 11.7. The molecule has 0 amide bonds. The van der Waals surface area contributed by atoms with Gasteiger partial charge in [-0.1, -0.05) is 32.1 Å². The summed E-state index contributed by atoms with van der Waals surface area (Å²) in [7, 11) is 0. The standard InChI is InChI=1S/C10H14BrNO2S/c1-5-14-8(13)6-7(10(2,3)4)12-9(11)15-6/h5H2,1-4H3. The highest BCUT2D eigenvalue weighted by Gasteiger charge is 2.27. The van der Waals surface area contributed by atoms with Crippen LogP contribution < -0.4 is 0 Å². The van der Waals surface area contributed by atoms with Gasteiger partial charge in [0.1, 0.15) is 4.88 Å². The van der Waals surface area contributed by atoms with E-state index < -0.39 is 0 Å². The van der Waals surface area contributed by atoms with E-state index in [1.165, 1.54) is 11.3 Å². The van der Waals surface area contributed by atoms with Crippen LogP contribution in [-0.2, 0) is 10.2 Å². The quantitative estimate of drug-likeness (QED) is 0.784. The largest absolute Gasteiger partial charge is 0.462 e. The molecule has 0 saturated carbocycles. The third-order valence-electron chi connectivity index (χ3n) is 1.77. The van der Waals surface area contributed by atoms with E-state index in [1.807, 2.05) is 20.8 Å². The number of carbonyl (C=O) groups excluding carboxylic acids is 1. The van der Waals surface area contributed by atoms with Gasteiger partial charge in [-0.05, 0) is 22.9 Å². The minimum absolute atomic E-state index is 0.148. The van der Waals surface area contributed by atoms with Crippen LogP contribution in [0.2, 0.25) is 0 Å². The predicted molar refractivity (Wildman–Crippen MR) is 64.5 cm³/mol. The fourth-order valence-electron chi connectivity index (χ4n) is 1.14. The zero-order valence-electron chi connectivity index (χ0n) is 9.26. The summed E-state index contributed by atoms with van der Waals surface area (Å²) >= 11 is 4.61. The Balaban J connectivity index is 3.12. The normalized spacial score (nSPS) is 11.5. The van der Waals surface area contributed by atoms with Crippen molar-refractivity contribution in [3.05, 3.63) is 14.5 Å². The van der Waals surface area contributed by atoms with Crippen molar-refractivity contribution in [2.24, 2.45) is 0 Å². The monoisotopic (exact) mass is 291 g/mol. The van der Waals surface area contributed by atoms with Crippen LogP contribution in [0.25, 0.3) is 0 Å². The molecule has 0 bridgehead atoms. The van der Waals surface area contributed by atoms with Gasteiger partial charge >= 0.3 is 5.97 Å². The van der Waals surface area contributed by atoms with Gasteiger partial charge in [0.15, 0.2) is 3.92 Å². The summed E-state index contributed by atoms with van der Waals surface area (Å²) in [4.78, 5) is 16.6. The highest BCUT2D eigenvalue weighted by atomic mass is 79.9. The van der Waals surface area contributed by atoms with Gasteiger partial charge in [0.2, 0.25) is 0 Å². The van der Waals surface area contributed by atoms with Gasteiger partial charge in [-0.3, -0.25) is 0 Å². The average Bonchev–Trinajstić information content (AvgIpc) is 2.47. The first kappa shape index (κ1) is 12.6. The Kier molecular flexibility index (Phi) is 3.89. The van der Waals surface area contributed by atoms with Gasteiger partial charge in [0.05, 0.1) is 12.3 Å². The van der Waals surface area contributed by atoms with Crippen LogP contribution in [0.1, 0.15) is 43.1 Å². The Morgan fingerprint density at radius 1 is 1.53 bits per heavy atom. The summed E-state index contributed by atoms with van der Waals surface area (Å²) in [5.41, 5.74) is 0.641. The highest BCUT2D eigenvalue weighted by Crippen LogP contribution is 2.32. The first-order valence-electron chi connectivity index (χ1n) is 4.70. The van der Waals surface area contributed by atoms with Crippen molar-refractivity contribution >= 4 is 33.2 Å². The lowest BCUT2D eigenvalue weighted by Crippen LogP contribution is -2.17. The highest BCUT2D eigenvalue weighted by molar-refractivity contribution is 9.11. The van der Waals surface area contributed by atoms with E-state index in [2.05, 4.69) is 20.9 Å². The molecule has 0 N–H and O–H groups in total. The van der Waals surface area contributed by atoms with Crippen molar-refractivity contribution in [2.45, 2.75) is 33.1 Å². The fourth-order valence-corrected chi connectivity index (χ4v) is 2.70. The van der Waals surface area contributed by atoms with Crippen molar-refractivity contribution in [1.82, 2.24) is 4.98 Å². The molecular weight excluding hydrogens is 278 g/mol. The molecule has 0 spiro atoms. The third kappa shape index (κ3) is 3.01. The second-order valence-corrected chi connectivity index (χ2v) is 6.39. The number of aromatic nitrogens is 1. The minimum Gasteiger partial charge on any atom is -0.462 e. The molecule has 84 valence electrons. The van der Waals surface area contributed by atoms with Crippen LogP contribution in [0.15, 0.2) is 3.92 Å². The molecule has 1 aromatic rings. The predicted octanol–water partition coefficient (Wildman–Crippen LogP) is 3.38. The minimum atomic E-state index is -0.286. The van der Waals surface area contributed by atoms with Crippen molar-refractivity contribution < 1.29 is 9.53 Å². The maximum atomic E-state index is 11.7. The molecule has 0 aliphatic carbocycles. The Morgan fingerprint density at radius 2 is 2.13 bits per heavy atom. The molecule has 1 rings (SSSR count). The number of hydrogen-bond acceptors (Lipinski definition) is 4. The van der Waals surface area contributed by atoms with Crippen LogP contribution in [0.5, 0.6) is 0 Å². The average molecular weight is 292 g/mol. The van der Waals surface area contributed by atoms with E-state index in [0.29, 0.717) is 11.5 Å². The van der Waals surface area contributed by atoms with E-state index in [9.17, 15) is 4.79 Å². The van der Waals surface area contributed by atoms with Crippen molar-refractivity contribution in [3.8, 4) is 0 Å². The molecule has 3 nitrogen and oxygen atoms in total. The molecule has 0 aliphatic rings. The fraction of sp³-hybridized carbons (Fsp3) is 0.600. The van der Waals surface area contributed by atoms with Gasteiger partial charge in [-0.25, -0.2) is 9.78 Å². The van der Waals surface area contributed by atoms with Gasteiger partial charge in [-0.2, -0.15) is 0 Å². The molecule has 1 aromatic heterocycles. The molecule has 5 heteroatoms. The third-order valence-corrected chi connectivity index (χ3v) is 3.26. The number of esters is 1. The van der Waals surface area contributed by atoms with Gasteiger partial charge in [0.25, 0.3) is 0 Å². The van der Waals surface area contributed by atoms with Crippen LogP contribution >= 0.6 is 27.3 Å². The maximum absolute atomic E-state index is 11.7. The van der Waals surface area contributed by atoms with Crippen LogP contribution in [-0.4, -0.2) is 17.6 Å². The van der Waals surface area contributed by atoms with Crippen LogP contribution in [0.3, 0.4) is 0 Å². The zero-order chi connectivity index (χ0) is 11.6. The summed E-state index contributed by atoms with van der Waals surface area (Å²) in [6.07, 6.45) is 0. The summed E-state index contributed by atoms with van der Waals surface area (Å²) in [5, 5.41) is 0. The number of carbonyl (C=O) groups is 1. The van der Waals surface area contributed by atoms with Gasteiger partial charge in [-0.15, -0.1) is 0 Å². The van der Waals surface area contributed by atoms with Crippen molar-refractivity contribution in [1.29, 1.82) is 0 Å². The van der Waals surface area contributed by atoms with E-state index in [4.69, 9.17) is 4.74 Å². The first-order valence-corrected chi connectivity index (χ1v) is 6.31. The molecule has 0 aromatic carbocycles. The Morgan fingerprint density at radius 3 is 2.60 bits per heavy atom. The van der Waals surface area contributed by atoms with E-state index in [0.717, 1.165) is 9.61 Å². The Hall–Kier alpha value is -0.420. The number of thiazole rings is 1. The number of hydrogen-bond donors (Lipinski definition) is 0. The Bertz CT molecular complexity index is 368. The number of nitrogens with zero attached hydrogens (tertiary/aromatic N) is 1. The summed E-state index contributed by atoms with van der Waals surface area (Å²) in [5.74, 6) is -0.286. The molecule has 0 unspecified atom stereocenters. The molecule has 0 saturated heterocycles. The molecule has 15 heavy (non-hydrogen) atoms. The molecule has 1 heterocycles. The second-order valence-electron chi connectivity index (χ2n) is 4.12. The topological polar surface area (TPSA) is 39.2 Å². The van der Waals surface area contributed by atoms with Crippen molar-refractivity contribution in [2.75, 3.05) is 6.61 Å². The first-order chi connectivity index (χ1) is 6.86. The number of rotatable bonds is 2. The lowest BCUT2D eigenvalue weighted by molar-refractivity contribution is 0.0529. The van der Waals surface area contributed by atoms with Gasteiger partial charge < -0.3 is 4.74 Å². The molecule has 0 aliphatic heterocycles. The lowest BCUT2D eigenvalue weighted by Gasteiger charge is -2.16. The summed E-state index contributed by atoms with van der Waals surface area (Å²) < 4.78 is 5.71. The second kappa shape index (κ2) is 4.61. The smallest absolute Gasteiger partial charge is 0.350 e. The van der Waals surface area contributed by atoms with Gasteiger partial charge in [0, 0.05) is 5.41 Å².